The molecule has 3 heteroatoms. The zero-order valence-corrected chi connectivity index (χ0v) is 5.65. The summed E-state index contributed by atoms with van der Waals surface area (Å²) in [6, 6.07) is 0.343. The van der Waals surface area contributed by atoms with E-state index in [1.54, 1.807) is 0 Å². The van der Waals surface area contributed by atoms with Gasteiger partial charge in [0.25, 0.3) is 0 Å². The van der Waals surface area contributed by atoms with E-state index in [0.717, 1.165) is 13.1 Å². The second-order valence-corrected chi connectivity index (χ2v) is 2.47. The molecular formula is C6H13FN2. The van der Waals surface area contributed by atoms with E-state index in [9.17, 15) is 4.39 Å². The number of likely N-dealkylation sites (N-methyl/N-ethyl adjacent to an activating group) is 1. The van der Waals surface area contributed by atoms with E-state index in [1.165, 1.54) is 0 Å². The van der Waals surface area contributed by atoms with Crippen LogP contribution in [0.2, 0.25) is 0 Å². The number of hydrogen-bond acceptors (Lipinski definition) is 2. The van der Waals surface area contributed by atoms with E-state index in [2.05, 4.69) is 10.6 Å². The normalized spacial score (nSPS) is 35.3. The lowest BCUT2D eigenvalue weighted by Gasteiger charge is -2.12. The van der Waals surface area contributed by atoms with Crippen molar-refractivity contribution >= 4 is 0 Å². The van der Waals surface area contributed by atoms with E-state index < -0.39 is 0 Å². The number of rotatable bonds is 2. The fourth-order valence-corrected chi connectivity index (χ4v) is 1.23. The maximum Gasteiger partial charge on any atom is 0.0950 e. The van der Waals surface area contributed by atoms with Crippen LogP contribution in [-0.2, 0) is 0 Å². The summed E-state index contributed by atoms with van der Waals surface area (Å²) in [7, 11) is 1.88. The molecule has 9 heavy (non-hydrogen) atoms. The van der Waals surface area contributed by atoms with Crippen molar-refractivity contribution in [2.45, 2.75) is 6.04 Å². The number of nitrogens with one attached hydrogen (secondary N) is 2. The van der Waals surface area contributed by atoms with E-state index in [1.807, 2.05) is 7.05 Å². The predicted molar refractivity (Wildman–Crippen MR) is 35.2 cm³/mol. The Balaban J connectivity index is 2.32. The number of hydrogen-bond donors (Lipinski definition) is 2. The zero-order chi connectivity index (χ0) is 6.69. The molecule has 1 aliphatic heterocycles. The van der Waals surface area contributed by atoms with Gasteiger partial charge in [-0.05, 0) is 7.05 Å². The van der Waals surface area contributed by atoms with Crippen molar-refractivity contribution in [3.8, 4) is 0 Å². The van der Waals surface area contributed by atoms with Crippen molar-refractivity contribution in [1.82, 2.24) is 10.6 Å². The van der Waals surface area contributed by atoms with Gasteiger partial charge in [-0.2, -0.15) is 0 Å². The Morgan fingerprint density at radius 3 is 2.89 bits per heavy atom. The molecule has 0 radical (unpaired) electrons. The van der Waals surface area contributed by atoms with Crippen LogP contribution in [0, 0.1) is 5.92 Å². The van der Waals surface area contributed by atoms with Crippen molar-refractivity contribution in [3.63, 3.8) is 0 Å². The van der Waals surface area contributed by atoms with Gasteiger partial charge in [0.15, 0.2) is 0 Å². The quantitative estimate of drug-likeness (QED) is 0.542. The largest absolute Gasteiger partial charge is 0.315 e. The van der Waals surface area contributed by atoms with Crippen molar-refractivity contribution in [2.75, 3.05) is 26.8 Å². The van der Waals surface area contributed by atoms with Crippen molar-refractivity contribution in [3.05, 3.63) is 0 Å². The Bertz CT molecular complexity index is 77.1. The van der Waals surface area contributed by atoms with Crippen molar-refractivity contribution in [1.29, 1.82) is 0 Å². The van der Waals surface area contributed by atoms with E-state index in [4.69, 9.17) is 0 Å². The minimum Gasteiger partial charge on any atom is -0.315 e. The van der Waals surface area contributed by atoms with Crippen LogP contribution in [0.1, 0.15) is 0 Å². The van der Waals surface area contributed by atoms with Crippen molar-refractivity contribution in [2.24, 2.45) is 5.92 Å². The van der Waals surface area contributed by atoms with Gasteiger partial charge in [0.05, 0.1) is 6.67 Å². The molecule has 1 fully saturated rings. The first-order valence-electron chi connectivity index (χ1n) is 3.32. The molecule has 1 heterocycles. The Kier molecular flexibility index (Phi) is 2.42. The third-order valence-electron chi connectivity index (χ3n) is 1.91. The highest BCUT2D eigenvalue weighted by Gasteiger charge is 2.24. The predicted octanol–water partition coefficient (Wildman–Crippen LogP) is -0.237. The third kappa shape index (κ3) is 1.40. The molecule has 2 atom stereocenters. The Morgan fingerprint density at radius 1 is 1.67 bits per heavy atom. The van der Waals surface area contributed by atoms with Gasteiger partial charge in [-0.3, -0.25) is 4.39 Å². The van der Waals surface area contributed by atoms with E-state index >= 15 is 0 Å². The maximum atomic E-state index is 12.1. The van der Waals surface area contributed by atoms with Crippen LogP contribution in [-0.4, -0.2) is 32.9 Å². The monoisotopic (exact) mass is 132 g/mol. The Hall–Kier alpha value is -0.150. The van der Waals surface area contributed by atoms with Gasteiger partial charge in [-0.15, -0.1) is 0 Å². The molecule has 2 unspecified atom stereocenters. The average Bonchev–Trinajstić information content (AvgIpc) is 2.33. The molecule has 1 aliphatic rings. The fraction of sp³-hybridized carbons (Fsp3) is 1.00. The lowest BCUT2D eigenvalue weighted by Crippen LogP contribution is -2.33. The molecule has 0 bridgehead atoms. The summed E-state index contributed by atoms with van der Waals surface area (Å²) in [5, 5.41) is 6.18. The summed E-state index contributed by atoms with van der Waals surface area (Å²) in [6.07, 6.45) is 0. The molecule has 0 aliphatic carbocycles. The first-order chi connectivity index (χ1) is 4.38. The third-order valence-corrected chi connectivity index (χ3v) is 1.91. The molecular weight excluding hydrogens is 119 g/mol. The van der Waals surface area contributed by atoms with Gasteiger partial charge in [0.2, 0.25) is 0 Å². The summed E-state index contributed by atoms with van der Waals surface area (Å²) < 4.78 is 12.1. The molecule has 0 amide bonds. The van der Waals surface area contributed by atoms with E-state index in [0.29, 0.717) is 6.04 Å². The van der Waals surface area contributed by atoms with Crippen LogP contribution >= 0.6 is 0 Å². The maximum absolute atomic E-state index is 12.1. The van der Waals surface area contributed by atoms with Crippen LogP contribution in [0.15, 0.2) is 0 Å². The highest BCUT2D eigenvalue weighted by atomic mass is 19.1. The second kappa shape index (κ2) is 3.13. The van der Waals surface area contributed by atoms with Crippen molar-refractivity contribution < 1.29 is 4.39 Å². The minimum atomic E-state index is -0.210. The highest BCUT2D eigenvalue weighted by molar-refractivity contribution is 4.84. The van der Waals surface area contributed by atoms with E-state index in [-0.39, 0.29) is 12.6 Å². The molecule has 0 aromatic rings. The highest BCUT2D eigenvalue weighted by Crippen LogP contribution is 2.07. The smallest absolute Gasteiger partial charge is 0.0950 e. The molecule has 2 nitrogen and oxygen atoms in total. The van der Waals surface area contributed by atoms with Crippen LogP contribution in [0.5, 0.6) is 0 Å². The summed E-state index contributed by atoms with van der Waals surface area (Å²) >= 11 is 0. The van der Waals surface area contributed by atoms with Gasteiger partial charge < -0.3 is 10.6 Å². The molecule has 0 aromatic carbocycles. The molecule has 0 spiro atoms. The topological polar surface area (TPSA) is 24.1 Å². The van der Waals surface area contributed by atoms with Gasteiger partial charge >= 0.3 is 0 Å². The molecule has 0 saturated carbocycles. The lowest BCUT2D eigenvalue weighted by molar-refractivity contribution is 0.337. The molecule has 1 saturated heterocycles. The fourth-order valence-electron chi connectivity index (χ4n) is 1.23. The van der Waals surface area contributed by atoms with Crippen LogP contribution in [0.4, 0.5) is 4.39 Å². The zero-order valence-electron chi connectivity index (χ0n) is 5.65. The summed E-state index contributed by atoms with van der Waals surface area (Å²) in [5.41, 5.74) is 0. The second-order valence-electron chi connectivity index (χ2n) is 2.47. The first kappa shape index (κ1) is 6.96. The molecule has 1 rings (SSSR count). The van der Waals surface area contributed by atoms with Crippen LogP contribution in [0.3, 0.4) is 0 Å². The summed E-state index contributed by atoms with van der Waals surface area (Å²) in [5.74, 6) is 0.190. The van der Waals surface area contributed by atoms with Gasteiger partial charge in [-0.25, -0.2) is 0 Å². The standard InChI is InChI=1S/C6H13FN2/c1-8-6-4-9-3-5(6)2-7/h5-6,8-9H,2-4H2,1H3. The van der Waals surface area contributed by atoms with Gasteiger partial charge in [0.1, 0.15) is 0 Å². The number of alkyl halides is 1. The van der Waals surface area contributed by atoms with Crippen LogP contribution < -0.4 is 10.6 Å². The first-order valence-corrected chi connectivity index (χ1v) is 3.32. The van der Waals surface area contributed by atoms with Gasteiger partial charge in [-0.1, -0.05) is 0 Å². The molecule has 2 N–H and O–H groups in total. The molecule has 0 aromatic heterocycles. The van der Waals surface area contributed by atoms with Crippen LogP contribution in [0.25, 0.3) is 0 Å². The summed E-state index contributed by atoms with van der Waals surface area (Å²) in [4.78, 5) is 0. The Labute approximate surface area is 54.8 Å². The average molecular weight is 132 g/mol. The lowest BCUT2D eigenvalue weighted by atomic mass is 10.1. The summed E-state index contributed by atoms with van der Waals surface area (Å²) in [6.45, 7) is 1.52. The SMILES string of the molecule is CNC1CNCC1CF. The van der Waals surface area contributed by atoms with Gasteiger partial charge in [0, 0.05) is 25.0 Å². The minimum absolute atomic E-state index is 0.190. The Morgan fingerprint density at radius 2 is 2.44 bits per heavy atom. The number of halogens is 1. The molecule has 54 valence electrons.